The van der Waals surface area contributed by atoms with Gasteiger partial charge in [-0.25, -0.2) is 0 Å². The summed E-state index contributed by atoms with van der Waals surface area (Å²) in [7, 11) is 0. The van der Waals surface area contributed by atoms with Crippen molar-refractivity contribution in [3.63, 3.8) is 0 Å². The van der Waals surface area contributed by atoms with Gasteiger partial charge in [0.1, 0.15) is 0 Å². The van der Waals surface area contributed by atoms with Gasteiger partial charge in [0.2, 0.25) is 11.8 Å². The zero-order valence-corrected chi connectivity index (χ0v) is 15.5. The maximum Gasteiger partial charge on any atom is 0.243 e. The van der Waals surface area contributed by atoms with Crippen LogP contribution in [0, 0.1) is 0 Å². The van der Waals surface area contributed by atoms with Crippen molar-refractivity contribution in [2.45, 2.75) is 20.3 Å². The molecule has 26 heavy (non-hydrogen) atoms. The first-order valence-corrected chi connectivity index (χ1v) is 8.64. The first-order valence-electron chi connectivity index (χ1n) is 8.26. The molecule has 0 saturated heterocycles. The third-order valence-corrected chi connectivity index (χ3v) is 4.13. The van der Waals surface area contributed by atoms with Crippen LogP contribution in [0.5, 0.6) is 0 Å². The predicted molar refractivity (Wildman–Crippen MR) is 102 cm³/mol. The van der Waals surface area contributed by atoms with E-state index in [0.717, 1.165) is 5.56 Å². The van der Waals surface area contributed by atoms with Gasteiger partial charge in [0.05, 0.1) is 6.54 Å². The molecule has 0 aromatic heterocycles. The number of nitrogens with one attached hydrogen (secondary N) is 1. The smallest absolute Gasteiger partial charge is 0.243 e. The molecule has 0 aliphatic carbocycles. The Balaban J connectivity index is 1.96. The fourth-order valence-electron chi connectivity index (χ4n) is 2.49. The van der Waals surface area contributed by atoms with Gasteiger partial charge in [-0.15, -0.1) is 0 Å². The quantitative estimate of drug-likeness (QED) is 0.755. The molecule has 0 heterocycles. The predicted octanol–water partition coefficient (Wildman–Crippen LogP) is 3.57. The average molecular weight is 373 g/mol. The number of anilines is 1. The van der Waals surface area contributed by atoms with E-state index < -0.39 is 0 Å². The fourth-order valence-corrected chi connectivity index (χ4v) is 2.71. The lowest BCUT2D eigenvalue weighted by atomic mass is 10.1. The molecule has 0 fully saturated rings. The maximum absolute atomic E-state index is 12.3. The number of carbonyl (C=O) groups is 3. The summed E-state index contributed by atoms with van der Waals surface area (Å²) in [6.07, 6.45) is 0.604. The molecule has 1 N–H and O–H groups in total. The van der Waals surface area contributed by atoms with Crippen LogP contribution in [0.15, 0.2) is 48.5 Å². The normalized spacial score (nSPS) is 10.3. The number of amides is 2. The number of ketones is 1. The average Bonchev–Trinajstić information content (AvgIpc) is 2.58. The molecule has 0 aliphatic heterocycles. The van der Waals surface area contributed by atoms with Crippen LogP contribution >= 0.6 is 11.6 Å². The molecule has 0 spiro atoms. The van der Waals surface area contributed by atoms with Crippen LogP contribution in [0.25, 0.3) is 0 Å². The fraction of sp³-hybridized carbons (Fsp3) is 0.250. The Hall–Kier alpha value is -2.66. The Morgan fingerprint density at radius 1 is 1.04 bits per heavy atom. The van der Waals surface area contributed by atoms with E-state index in [2.05, 4.69) is 5.32 Å². The number of halogens is 1. The zero-order chi connectivity index (χ0) is 19.1. The highest BCUT2D eigenvalue weighted by molar-refractivity contribution is 6.30. The van der Waals surface area contributed by atoms with E-state index in [9.17, 15) is 14.4 Å². The highest BCUT2D eigenvalue weighted by atomic mass is 35.5. The molecule has 2 aromatic carbocycles. The Kier molecular flexibility index (Phi) is 6.92. The molecule has 2 aromatic rings. The second-order valence-corrected chi connectivity index (χ2v) is 6.44. The van der Waals surface area contributed by atoms with Crippen LogP contribution in [0.3, 0.4) is 0 Å². The van der Waals surface area contributed by atoms with Gasteiger partial charge in [0, 0.05) is 29.7 Å². The first kappa shape index (κ1) is 19.7. The molecule has 0 radical (unpaired) electrons. The highest BCUT2D eigenvalue weighted by Crippen LogP contribution is 2.13. The molecule has 0 aliphatic rings. The molecule has 5 nitrogen and oxygen atoms in total. The lowest BCUT2D eigenvalue weighted by molar-refractivity contribution is -0.132. The molecular formula is C20H21ClN2O3. The van der Waals surface area contributed by atoms with Crippen LogP contribution < -0.4 is 5.32 Å². The van der Waals surface area contributed by atoms with Gasteiger partial charge in [-0.05, 0) is 43.2 Å². The summed E-state index contributed by atoms with van der Waals surface area (Å²) in [5.41, 5.74) is 2.05. The molecule has 0 bridgehead atoms. The number of nitrogens with zero attached hydrogens (tertiary/aromatic N) is 1. The van der Waals surface area contributed by atoms with Gasteiger partial charge >= 0.3 is 0 Å². The molecule has 6 heteroatoms. The lowest BCUT2D eigenvalue weighted by Gasteiger charge is -2.20. The van der Waals surface area contributed by atoms with Crippen LogP contribution in [0.1, 0.15) is 29.8 Å². The summed E-state index contributed by atoms with van der Waals surface area (Å²) in [6.45, 7) is 3.26. The Morgan fingerprint density at radius 2 is 1.77 bits per heavy atom. The number of carbonyl (C=O) groups excluding carboxylic acids is 3. The molecular weight excluding hydrogens is 352 g/mol. The minimum atomic E-state index is -0.313. The summed E-state index contributed by atoms with van der Waals surface area (Å²) < 4.78 is 0. The Labute approximate surface area is 158 Å². The summed E-state index contributed by atoms with van der Waals surface area (Å²) in [4.78, 5) is 37.0. The minimum Gasteiger partial charge on any atom is -0.333 e. The maximum atomic E-state index is 12.3. The number of rotatable bonds is 7. The Bertz CT molecular complexity index is 820. The van der Waals surface area contributed by atoms with Crippen LogP contribution in [0.4, 0.5) is 5.69 Å². The van der Waals surface area contributed by atoms with Crippen molar-refractivity contribution in [3.05, 3.63) is 64.7 Å². The molecule has 0 saturated carbocycles. The second-order valence-electron chi connectivity index (χ2n) is 6.01. The van der Waals surface area contributed by atoms with Crippen molar-refractivity contribution in [2.24, 2.45) is 0 Å². The monoisotopic (exact) mass is 372 g/mol. The van der Waals surface area contributed by atoms with Gasteiger partial charge < -0.3 is 10.2 Å². The standard InChI is InChI=1S/C20H21ClN2O3/c1-14(24)17-6-4-8-19(12-17)22-20(26)13-23(15(2)25)10-9-16-5-3-7-18(21)11-16/h3-8,11-12H,9-10,13H2,1-2H3,(H,22,26). The van der Waals surface area contributed by atoms with E-state index >= 15 is 0 Å². The topological polar surface area (TPSA) is 66.5 Å². The largest absolute Gasteiger partial charge is 0.333 e. The number of benzene rings is 2. The summed E-state index contributed by atoms with van der Waals surface area (Å²) in [6, 6.07) is 14.1. The van der Waals surface area contributed by atoms with Gasteiger partial charge in [0.25, 0.3) is 0 Å². The SMILES string of the molecule is CC(=O)c1cccc(NC(=O)CN(CCc2cccc(Cl)c2)C(C)=O)c1. The Morgan fingerprint density at radius 3 is 2.42 bits per heavy atom. The third kappa shape index (κ3) is 6.01. The zero-order valence-electron chi connectivity index (χ0n) is 14.8. The van der Waals surface area contributed by atoms with Gasteiger partial charge in [-0.3, -0.25) is 14.4 Å². The molecule has 136 valence electrons. The van der Waals surface area contributed by atoms with Crippen LogP contribution in [-0.2, 0) is 16.0 Å². The van der Waals surface area contributed by atoms with Crippen LogP contribution in [-0.4, -0.2) is 35.6 Å². The van der Waals surface area contributed by atoms with E-state index in [4.69, 9.17) is 11.6 Å². The lowest BCUT2D eigenvalue weighted by Crippen LogP contribution is -2.38. The minimum absolute atomic E-state index is 0.0554. The third-order valence-electron chi connectivity index (χ3n) is 3.89. The van der Waals surface area contributed by atoms with Crippen molar-refractivity contribution >= 4 is 34.9 Å². The van der Waals surface area contributed by atoms with E-state index in [1.807, 2.05) is 18.2 Å². The summed E-state index contributed by atoms with van der Waals surface area (Å²) >= 11 is 5.96. The van der Waals surface area contributed by atoms with E-state index in [1.54, 1.807) is 30.3 Å². The molecule has 0 unspecified atom stereocenters. The molecule has 2 rings (SSSR count). The van der Waals surface area contributed by atoms with Gasteiger partial charge in [-0.1, -0.05) is 35.9 Å². The molecule has 0 atom stereocenters. The summed E-state index contributed by atoms with van der Waals surface area (Å²) in [5, 5.41) is 3.36. The van der Waals surface area contributed by atoms with E-state index in [0.29, 0.717) is 29.2 Å². The van der Waals surface area contributed by atoms with Gasteiger partial charge in [-0.2, -0.15) is 0 Å². The summed E-state index contributed by atoms with van der Waals surface area (Å²) in [5.74, 6) is -0.570. The number of hydrogen-bond donors (Lipinski definition) is 1. The van der Waals surface area contributed by atoms with E-state index in [-0.39, 0.29) is 24.1 Å². The van der Waals surface area contributed by atoms with Crippen molar-refractivity contribution in [1.29, 1.82) is 0 Å². The van der Waals surface area contributed by atoms with Gasteiger partial charge in [0.15, 0.2) is 5.78 Å². The highest BCUT2D eigenvalue weighted by Gasteiger charge is 2.14. The first-order chi connectivity index (χ1) is 12.3. The van der Waals surface area contributed by atoms with Crippen molar-refractivity contribution in [1.82, 2.24) is 4.90 Å². The number of hydrogen-bond acceptors (Lipinski definition) is 3. The van der Waals surface area contributed by atoms with Crippen molar-refractivity contribution in [2.75, 3.05) is 18.4 Å². The van der Waals surface area contributed by atoms with Crippen LogP contribution in [0.2, 0.25) is 5.02 Å². The van der Waals surface area contributed by atoms with Crippen molar-refractivity contribution < 1.29 is 14.4 Å². The van der Waals surface area contributed by atoms with Crippen molar-refractivity contribution in [3.8, 4) is 0 Å². The van der Waals surface area contributed by atoms with E-state index in [1.165, 1.54) is 18.7 Å². The second kappa shape index (κ2) is 9.15. The molecule has 2 amide bonds. The number of Topliss-reactive ketones (excluding diaryl/α,β-unsaturated/α-hetero) is 1.